The Hall–Kier alpha value is -5.64. The minimum atomic E-state index is -0.379. The number of carbonyl (C=O) groups excluding carboxylic acids is 3. The summed E-state index contributed by atoms with van der Waals surface area (Å²) in [5.41, 5.74) is 4.01. The van der Waals surface area contributed by atoms with Crippen LogP contribution in [-0.2, 0) is 14.2 Å². The lowest BCUT2D eigenvalue weighted by molar-refractivity contribution is 0.0514. The van der Waals surface area contributed by atoms with Gasteiger partial charge in [-0.1, -0.05) is 0 Å². The average molecular weight is 832 g/mol. The summed E-state index contributed by atoms with van der Waals surface area (Å²) in [5, 5.41) is 3.31. The Labute approximate surface area is 344 Å². The Morgan fingerprint density at radius 1 is 0.544 bits per heavy atom. The van der Waals surface area contributed by atoms with E-state index in [9.17, 15) is 14.4 Å². The van der Waals surface area contributed by atoms with E-state index in [2.05, 4.69) is 14.3 Å². The predicted molar refractivity (Wildman–Crippen MR) is 224 cm³/mol. The van der Waals surface area contributed by atoms with Crippen LogP contribution in [0.2, 0.25) is 0 Å². The first kappa shape index (κ1) is 44.1. The van der Waals surface area contributed by atoms with Gasteiger partial charge in [-0.3, -0.25) is 0 Å². The van der Waals surface area contributed by atoms with Crippen LogP contribution in [0.1, 0.15) is 71.4 Å². The van der Waals surface area contributed by atoms with E-state index < -0.39 is 0 Å². The van der Waals surface area contributed by atoms with E-state index in [4.69, 9.17) is 28.4 Å². The molecule has 0 aliphatic carbocycles. The Balaban J connectivity index is 0.000000189. The fourth-order valence-corrected chi connectivity index (χ4v) is 6.99. The second-order valence-electron chi connectivity index (χ2n) is 11.2. The van der Waals surface area contributed by atoms with Crippen LogP contribution < -0.4 is 14.2 Å². The van der Waals surface area contributed by atoms with Gasteiger partial charge in [0.15, 0.2) is 5.69 Å². The highest BCUT2D eigenvalue weighted by atomic mass is 32.1. The standard InChI is InChI=1S/3C14H15NO3S/c1-3-17-11-7-5-10(6-8-11)13-15-12(9-19-13)14(16)18-4-2;1-3-17-11-7-5-10(6-8-11)13-15-9-12(19-13)14(16)18-4-2;1-3-17-11-7-5-10(6-8-11)12-9-13(19-15-12)14(16)18-4-2/h3*5-9H,3-4H2,1-2H3. The molecule has 0 amide bonds. The molecule has 0 N–H and O–H groups in total. The quantitative estimate of drug-likeness (QED) is 0.0717. The van der Waals surface area contributed by atoms with Crippen LogP contribution >= 0.6 is 34.2 Å². The fourth-order valence-electron chi connectivity index (χ4n) is 4.73. The van der Waals surface area contributed by atoms with Crippen molar-refractivity contribution in [3.8, 4) is 49.6 Å². The number of carbonyl (C=O) groups is 3. The number of benzene rings is 3. The molecule has 0 saturated carbocycles. The molecule has 0 fully saturated rings. The van der Waals surface area contributed by atoms with Crippen molar-refractivity contribution in [3.63, 3.8) is 0 Å². The fraction of sp³-hybridized carbons (Fsp3) is 0.286. The Bertz CT molecular complexity index is 1890. The summed E-state index contributed by atoms with van der Waals surface area (Å²) >= 11 is 3.90. The molecule has 300 valence electrons. The van der Waals surface area contributed by atoms with Crippen LogP contribution in [0, 0.1) is 0 Å². The third kappa shape index (κ3) is 13.5. The van der Waals surface area contributed by atoms with Crippen molar-refractivity contribution in [2.75, 3.05) is 39.6 Å². The van der Waals surface area contributed by atoms with E-state index in [1.165, 1.54) is 22.7 Å². The molecular weight excluding hydrogens is 787 g/mol. The summed E-state index contributed by atoms with van der Waals surface area (Å²) in [6.45, 7) is 14.2. The SMILES string of the molecule is CCOC(=O)c1cc(-c2ccc(OCC)cc2)ns1.CCOC(=O)c1cnc(-c2ccc(OCC)cc2)s1.CCOC(=O)c1csc(-c2ccc(OCC)cc2)n1. The van der Waals surface area contributed by atoms with Gasteiger partial charge in [0.25, 0.3) is 0 Å². The van der Waals surface area contributed by atoms with Crippen molar-refractivity contribution in [2.24, 2.45) is 0 Å². The summed E-state index contributed by atoms with van der Waals surface area (Å²) < 4.78 is 35.2. The van der Waals surface area contributed by atoms with Gasteiger partial charge in [0.1, 0.15) is 37.0 Å². The number of hydrogen-bond acceptors (Lipinski definition) is 15. The Morgan fingerprint density at radius 3 is 1.49 bits per heavy atom. The van der Waals surface area contributed by atoms with Crippen molar-refractivity contribution < 1.29 is 42.8 Å². The number of aromatic nitrogens is 3. The zero-order valence-corrected chi connectivity index (χ0v) is 35.1. The minimum absolute atomic E-state index is 0.322. The molecule has 0 spiro atoms. The van der Waals surface area contributed by atoms with E-state index in [1.807, 2.05) is 93.6 Å². The molecule has 3 heterocycles. The highest BCUT2D eigenvalue weighted by Gasteiger charge is 2.15. The van der Waals surface area contributed by atoms with Gasteiger partial charge < -0.3 is 28.4 Å². The first-order valence-corrected chi connectivity index (χ1v) is 20.8. The Kier molecular flexibility index (Phi) is 18.1. The van der Waals surface area contributed by atoms with E-state index in [-0.39, 0.29) is 17.9 Å². The van der Waals surface area contributed by atoms with Crippen molar-refractivity contribution in [3.05, 3.63) is 106 Å². The molecule has 15 heteroatoms. The van der Waals surface area contributed by atoms with E-state index >= 15 is 0 Å². The zero-order valence-electron chi connectivity index (χ0n) is 32.6. The molecule has 12 nitrogen and oxygen atoms in total. The second-order valence-corrected chi connectivity index (χ2v) is 13.9. The highest BCUT2D eigenvalue weighted by molar-refractivity contribution is 7.16. The van der Waals surface area contributed by atoms with Crippen molar-refractivity contribution >= 4 is 52.1 Å². The lowest BCUT2D eigenvalue weighted by atomic mass is 10.1. The maximum absolute atomic E-state index is 11.6. The van der Waals surface area contributed by atoms with Crippen LogP contribution in [-0.4, -0.2) is 71.9 Å². The largest absolute Gasteiger partial charge is 0.494 e. The van der Waals surface area contributed by atoms with Crippen LogP contribution in [0.3, 0.4) is 0 Å². The second kappa shape index (κ2) is 23.4. The van der Waals surface area contributed by atoms with Gasteiger partial charge in [-0.25, -0.2) is 24.4 Å². The molecule has 0 unspecified atom stereocenters. The number of hydrogen-bond donors (Lipinski definition) is 0. The maximum atomic E-state index is 11.6. The monoisotopic (exact) mass is 831 g/mol. The Morgan fingerprint density at radius 2 is 1.00 bits per heavy atom. The van der Waals surface area contributed by atoms with E-state index in [1.54, 1.807) is 38.4 Å². The topological polar surface area (TPSA) is 145 Å². The van der Waals surface area contributed by atoms with Crippen LogP contribution in [0.4, 0.5) is 0 Å². The average Bonchev–Trinajstić information content (AvgIpc) is 4.03. The van der Waals surface area contributed by atoms with Gasteiger partial charge >= 0.3 is 17.9 Å². The first-order chi connectivity index (χ1) is 27.7. The predicted octanol–water partition coefficient (Wildman–Crippen LogP) is 10.2. The first-order valence-electron chi connectivity index (χ1n) is 18.3. The molecule has 3 aromatic heterocycles. The van der Waals surface area contributed by atoms with Crippen molar-refractivity contribution in [1.82, 2.24) is 14.3 Å². The number of thiazole rings is 2. The number of esters is 3. The molecule has 3 aromatic carbocycles. The molecule has 57 heavy (non-hydrogen) atoms. The normalized spacial score (nSPS) is 10.2. The number of rotatable bonds is 15. The summed E-state index contributed by atoms with van der Waals surface area (Å²) in [4.78, 5) is 44.2. The lowest BCUT2D eigenvalue weighted by Gasteiger charge is -2.02. The third-order valence-electron chi connectivity index (χ3n) is 7.24. The van der Waals surface area contributed by atoms with Crippen LogP contribution in [0.25, 0.3) is 32.4 Å². The molecule has 0 saturated heterocycles. The minimum Gasteiger partial charge on any atom is -0.494 e. The third-order valence-corrected chi connectivity index (χ3v) is 9.93. The van der Waals surface area contributed by atoms with Crippen LogP contribution in [0.15, 0.2) is 90.4 Å². The molecule has 6 aromatic rings. The molecule has 0 bridgehead atoms. The molecule has 0 aliphatic heterocycles. The molecule has 0 radical (unpaired) electrons. The van der Waals surface area contributed by atoms with Crippen molar-refractivity contribution in [2.45, 2.75) is 41.5 Å². The summed E-state index contributed by atoms with van der Waals surface area (Å²) in [6, 6.07) is 24.7. The van der Waals surface area contributed by atoms with Gasteiger partial charge in [0.2, 0.25) is 0 Å². The van der Waals surface area contributed by atoms with Gasteiger partial charge in [0, 0.05) is 22.1 Å². The summed E-state index contributed by atoms with van der Waals surface area (Å²) in [5.74, 6) is 1.46. The van der Waals surface area contributed by atoms with Gasteiger partial charge in [0.05, 0.1) is 51.5 Å². The maximum Gasteiger partial charge on any atom is 0.357 e. The molecule has 0 atom stereocenters. The van der Waals surface area contributed by atoms with Crippen molar-refractivity contribution in [1.29, 1.82) is 0 Å². The number of ether oxygens (including phenoxy) is 6. The number of nitrogens with zero attached hydrogens (tertiary/aromatic N) is 3. The van der Waals surface area contributed by atoms with Gasteiger partial charge in [-0.2, -0.15) is 4.37 Å². The van der Waals surface area contributed by atoms with Crippen LogP contribution in [0.5, 0.6) is 17.2 Å². The molecule has 6 rings (SSSR count). The lowest BCUT2D eigenvalue weighted by Crippen LogP contribution is -2.04. The van der Waals surface area contributed by atoms with E-state index in [0.717, 1.165) is 61.2 Å². The molecule has 0 aliphatic rings. The van der Waals surface area contributed by atoms with E-state index in [0.29, 0.717) is 55.1 Å². The van der Waals surface area contributed by atoms with Gasteiger partial charge in [-0.15, -0.1) is 22.7 Å². The summed E-state index contributed by atoms with van der Waals surface area (Å²) in [7, 11) is 0. The zero-order chi connectivity index (χ0) is 41.0. The highest BCUT2D eigenvalue weighted by Crippen LogP contribution is 2.29. The summed E-state index contributed by atoms with van der Waals surface area (Å²) in [6.07, 6.45) is 1.55. The molecular formula is C42H45N3O9S3. The smallest absolute Gasteiger partial charge is 0.357 e. The van der Waals surface area contributed by atoms with Gasteiger partial charge in [-0.05, 0) is 132 Å².